The van der Waals surface area contributed by atoms with E-state index >= 15 is 0 Å². The molecule has 0 bridgehead atoms. The van der Waals surface area contributed by atoms with Gasteiger partial charge < -0.3 is 47.8 Å². The topological polar surface area (TPSA) is 273 Å². The van der Waals surface area contributed by atoms with Gasteiger partial charge in [0.25, 0.3) is 0 Å². The second kappa shape index (κ2) is 19.9. The molecule has 0 aliphatic rings. The molecule has 0 aliphatic carbocycles. The zero-order chi connectivity index (χ0) is 8.31. The maximum Gasteiger partial charge on any atom is 0.335 e. The molecule has 2 atom stereocenters. The zero-order valence-corrected chi connectivity index (χ0v) is 7.26. The largest absolute Gasteiger partial charge is 0.479 e. The van der Waals surface area contributed by atoms with Crippen LogP contribution in [0.2, 0.25) is 0 Å². The van der Waals surface area contributed by atoms with Crippen LogP contribution in [0.15, 0.2) is 0 Å². The first kappa shape index (κ1) is 45.2. The molecule has 2 unspecified atom stereocenters. The lowest BCUT2D eigenvalue weighted by Gasteiger charge is -2.07. The van der Waals surface area contributed by atoms with Gasteiger partial charge in [-0.3, -0.25) is 0 Å². The average Bonchev–Trinajstić information content (AvgIpc) is 1.84. The van der Waals surface area contributed by atoms with E-state index < -0.39 is 24.1 Å². The lowest BCUT2D eigenvalue weighted by Crippen LogP contribution is -2.39. The Kier molecular flexibility index (Phi) is 56.3. The van der Waals surface area contributed by atoms with Crippen LogP contribution in [0, 0.1) is 0 Å². The molecule has 0 rings (SSSR count). The SMILES string of the molecule is O.O.O.O.O.O=C(O)C(O)C(O)C(=O)O.[MgH2]. The van der Waals surface area contributed by atoms with Crippen LogP contribution in [0.25, 0.3) is 0 Å². The molecule has 0 spiro atoms. The maximum atomic E-state index is 9.77. The molecule has 0 aromatic rings. The first-order valence-corrected chi connectivity index (χ1v) is 2.28. The zero-order valence-electron chi connectivity index (χ0n) is 7.26. The van der Waals surface area contributed by atoms with E-state index in [0.717, 1.165) is 0 Å². The Labute approximate surface area is 105 Å². The highest BCUT2D eigenvalue weighted by molar-refractivity contribution is 5.83. The first-order valence-electron chi connectivity index (χ1n) is 2.28. The van der Waals surface area contributed by atoms with Crippen molar-refractivity contribution in [2.75, 3.05) is 0 Å². The summed E-state index contributed by atoms with van der Waals surface area (Å²) in [5.41, 5.74) is 0. The Balaban J connectivity index is -0.0000000270. The number of carbonyl (C=O) groups is 2. The minimum atomic E-state index is -2.27. The second-order valence-electron chi connectivity index (χ2n) is 1.57. The van der Waals surface area contributed by atoms with Crippen LogP contribution in [0.3, 0.4) is 0 Å². The number of aliphatic hydroxyl groups excluding tert-OH is 2. The quantitative estimate of drug-likeness (QED) is 0.359. The molecule has 0 fully saturated rings. The molecule has 11 nitrogen and oxygen atoms in total. The maximum absolute atomic E-state index is 9.77. The molecule has 0 amide bonds. The molecular formula is C4H18MgO11. The second-order valence-corrected chi connectivity index (χ2v) is 1.57. The third-order valence-corrected chi connectivity index (χ3v) is 0.805. The van der Waals surface area contributed by atoms with Crippen molar-refractivity contribution in [2.45, 2.75) is 12.2 Å². The van der Waals surface area contributed by atoms with Gasteiger partial charge in [-0.05, 0) is 0 Å². The Bertz CT molecular complexity index is 142. The fraction of sp³-hybridized carbons (Fsp3) is 0.500. The van der Waals surface area contributed by atoms with E-state index in [0.29, 0.717) is 0 Å². The number of hydrogen-bond donors (Lipinski definition) is 4. The molecule has 0 saturated heterocycles. The number of carboxylic acid groups (broad SMARTS) is 2. The standard InChI is InChI=1S/C4H6O6.Mg.5H2O.2H/c5-1(3(7)8)2(6)4(9)10;;;;;;;;/h1-2,5-6H,(H,7,8)(H,9,10);;5*1H2;;. The minimum Gasteiger partial charge on any atom is -0.479 e. The van der Waals surface area contributed by atoms with E-state index in [9.17, 15) is 9.59 Å². The molecule has 0 radical (unpaired) electrons. The summed E-state index contributed by atoms with van der Waals surface area (Å²) in [6.45, 7) is 0. The highest BCUT2D eigenvalue weighted by atomic mass is 24.3. The molecule has 14 N–H and O–H groups in total. The first-order chi connectivity index (χ1) is 4.46. The Morgan fingerprint density at radius 3 is 0.875 bits per heavy atom. The summed E-state index contributed by atoms with van der Waals surface area (Å²) in [4.78, 5) is 19.5. The van der Waals surface area contributed by atoms with Crippen LogP contribution in [-0.2, 0) is 9.59 Å². The third-order valence-electron chi connectivity index (χ3n) is 0.805. The van der Waals surface area contributed by atoms with E-state index in [4.69, 9.17) is 20.4 Å². The summed E-state index contributed by atoms with van der Waals surface area (Å²) >= 11 is 0. The number of aliphatic hydroxyl groups is 2. The van der Waals surface area contributed by atoms with Crippen LogP contribution >= 0.6 is 0 Å². The van der Waals surface area contributed by atoms with Gasteiger partial charge in [0.2, 0.25) is 0 Å². The van der Waals surface area contributed by atoms with E-state index in [1.807, 2.05) is 0 Å². The van der Waals surface area contributed by atoms with Crippen LogP contribution in [0.1, 0.15) is 0 Å². The monoisotopic (exact) mass is 266 g/mol. The van der Waals surface area contributed by atoms with Crippen molar-refractivity contribution < 1.29 is 57.4 Å². The third kappa shape index (κ3) is 15.9. The van der Waals surface area contributed by atoms with Gasteiger partial charge in [-0.15, -0.1) is 0 Å². The summed E-state index contributed by atoms with van der Waals surface area (Å²) in [5.74, 6) is -3.54. The summed E-state index contributed by atoms with van der Waals surface area (Å²) in [5, 5.41) is 32.5. The van der Waals surface area contributed by atoms with Crippen LogP contribution in [-0.4, -0.2) is 95.0 Å². The predicted octanol–water partition coefficient (Wildman–Crippen LogP) is -7.16. The Morgan fingerprint density at radius 1 is 0.688 bits per heavy atom. The van der Waals surface area contributed by atoms with Crippen molar-refractivity contribution in [3.63, 3.8) is 0 Å². The van der Waals surface area contributed by atoms with Gasteiger partial charge in [0.15, 0.2) is 12.2 Å². The van der Waals surface area contributed by atoms with E-state index in [2.05, 4.69) is 0 Å². The molecule has 0 aliphatic heterocycles. The lowest BCUT2D eigenvalue weighted by molar-refractivity contribution is -0.165. The Hall–Kier alpha value is -0.574. The van der Waals surface area contributed by atoms with Gasteiger partial charge in [0.05, 0.1) is 0 Å². The lowest BCUT2D eigenvalue weighted by atomic mass is 10.2. The van der Waals surface area contributed by atoms with E-state index in [1.54, 1.807) is 0 Å². The van der Waals surface area contributed by atoms with Crippen molar-refractivity contribution in [1.82, 2.24) is 0 Å². The fourth-order valence-electron chi connectivity index (χ4n) is 0.270. The molecule has 0 aromatic carbocycles. The normalized spacial score (nSPS) is 9.88. The van der Waals surface area contributed by atoms with Gasteiger partial charge in [-0.1, -0.05) is 0 Å². The van der Waals surface area contributed by atoms with Crippen LogP contribution in [0.5, 0.6) is 0 Å². The minimum absolute atomic E-state index is 0. The van der Waals surface area contributed by atoms with Crippen LogP contribution in [0.4, 0.5) is 0 Å². The molecular weight excluding hydrogens is 248 g/mol. The molecule has 0 aromatic heterocycles. The van der Waals surface area contributed by atoms with Crippen molar-refractivity contribution >= 4 is 35.0 Å². The van der Waals surface area contributed by atoms with Gasteiger partial charge in [-0.2, -0.15) is 0 Å². The van der Waals surface area contributed by atoms with E-state index in [1.165, 1.54) is 0 Å². The molecule has 0 heterocycles. The van der Waals surface area contributed by atoms with Gasteiger partial charge in [0.1, 0.15) is 0 Å². The summed E-state index contributed by atoms with van der Waals surface area (Å²) in [7, 11) is 0. The number of hydrogen-bond acceptors (Lipinski definition) is 4. The van der Waals surface area contributed by atoms with Crippen molar-refractivity contribution in [3.8, 4) is 0 Å². The summed E-state index contributed by atoms with van der Waals surface area (Å²) in [6.07, 6.45) is -4.53. The van der Waals surface area contributed by atoms with Gasteiger partial charge >= 0.3 is 35.0 Å². The molecule has 0 saturated carbocycles. The predicted molar refractivity (Wildman–Crippen MR) is 53.9 cm³/mol. The summed E-state index contributed by atoms with van der Waals surface area (Å²) in [6, 6.07) is 0. The van der Waals surface area contributed by atoms with Crippen LogP contribution < -0.4 is 0 Å². The average molecular weight is 266 g/mol. The smallest absolute Gasteiger partial charge is 0.335 e. The fourth-order valence-corrected chi connectivity index (χ4v) is 0.270. The number of aliphatic carboxylic acids is 2. The molecule has 12 heteroatoms. The van der Waals surface area contributed by atoms with Crippen molar-refractivity contribution in [2.24, 2.45) is 0 Å². The number of carboxylic acids is 2. The van der Waals surface area contributed by atoms with Gasteiger partial charge in [0, 0.05) is 0 Å². The van der Waals surface area contributed by atoms with Crippen molar-refractivity contribution in [1.29, 1.82) is 0 Å². The van der Waals surface area contributed by atoms with Gasteiger partial charge in [-0.25, -0.2) is 9.59 Å². The summed E-state index contributed by atoms with van der Waals surface area (Å²) < 4.78 is 0. The highest BCUT2D eigenvalue weighted by Crippen LogP contribution is 1.92. The highest BCUT2D eigenvalue weighted by Gasteiger charge is 2.29. The molecule has 102 valence electrons. The van der Waals surface area contributed by atoms with E-state index in [-0.39, 0.29) is 50.4 Å². The number of rotatable bonds is 3. The Morgan fingerprint density at radius 2 is 0.812 bits per heavy atom. The molecule has 16 heavy (non-hydrogen) atoms. The van der Waals surface area contributed by atoms with Crippen molar-refractivity contribution in [3.05, 3.63) is 0 Å².